The highest BCUT2D eigenvalue weighted by molar-refractivity contribution is 9.10. The third kappa shape index (κ3) is 2.76. The minimum absolute atomic E-state index is 0.105. The number of hydrogen-bond acceptors (Lipinski definition) is 10. The van der Waals surface area contributed by atoms with Gasteiger partial charge in [-0.1, -0.05) is 6.92 Å². The Morgan fingerprint density at radius 3 is 2.32 bits per heavy atom. The van der Waals surface area contributed by atoms with Crippen molar-refractivity contribution in [1.82, 2.24) is 4.90 Å². The summed E-state index contributed by atoms with van der Waals surface area (Å²) in [5.74, 6) is -9.50. The molecule has 1 aromatic rings. The summed E-state index contributed by atoms with van der Waals surface area (Å²) < 4.78 is 0.325. The highest BCUT2D eigenvalue weighted by Gasteiger charge is 2.68. The van der Waals surface area contributed by atoms with E-state index in [2.05, 4.69) is 15.9 Å². The molecule has 0 heterocycles. The number of halogens is 1. The van der Waals surface area contributed by atoms with Crippen LogP contribution >= 0.6 is 15.9 Å². The number of ketones is 2. The van der Waals surface area contributed by atoms with Crippen LogP contribution in [0.15, 0.2) is 27.4 Å². The Labute approximate surface area is 202 Å². The van der Waals surface area contributed by atoms with Gasteiger partial charge in [0.25, 0.3) is 5.91 Å². The summed E-state index contributed by atoms with van der Waals surface area (Å²) in [4.78, 5) is 40.2. The van der Waals surface area contributed by atoms with Crippen molar-refractivity contribution in [3.8, 4) is 5.75 Å². The molecular weight excluding hydrogens is 514 g/mol. The second kappa shape index (κ2) is 7.54. The highest BCUT2D eigenvalue weighted by Crippen LogP contribution is 2.57. The Hall–Kier alpha value is -2.93. The van der Waals surface area contributed by atoms with E-state index in [1.165, 1.54) is 25.1 Å². The second-order valence-corrected chi connectivity index (χ2v) is 9.99. The van der Waals surface area contributed by atoms with Gasteiger partial charge < -0.3 is 37.0 Å². The molecule has 2 unspecified atom stereocenters. The minimum atomic E-state index is -2.94. The van der Waals surface area contributed by atoms with Crippen LogP contribution in [0.4, 0.5) is 5.69 Å². The number of benzene rings is 1. The number of carbonyl (C=O) groups is 3. The van der Waals surface area contributed by atoms with Crippen molar-refractivity contribution in [3.63, 3.8) is 0 Å². The zero-order chi connectivity index (χ0) is 25.6. The molecule has 4 rings (SSSR count). The fourth-order valence-electron chi connectivity index (χ4n) is 5.66. The number of phenols is 1. The van der Waals surface area contributed by atoms with Crippen molar-refractivity contribution in [2.24, 2.45) is 17.6 Å². The summed E-state index contributed by atoms with van der Waals surface area (Å²) in [5, 5.41) is 55.6. The summed E-state index contributed by atoms with van der Waals surface area (Å²) in [6, 6.07) is 0.143. The lowest BCUT2D eigenvalue weighted by Gasteiger charge is -2.53. The first-order chi connectivity index (χ1) is 15.7. The molecule has 1 aromatic carbocycles. The molecule has 0 aliphatic heterocycles. The number of aliphatic hydroxyl groups is 4. The van der Waals surface area contributed by atoms with Crippen LogP contribution in [-0.2, 0) is 14.4 Å². The number of fused-ring (bicyclic) bond motifs is 3. The number of aliphatic hydroxyl groups excluding tert-OH is 3. The van der Waals surface area contributed by atoms with Crippen LogP contribution < -0.4 is 11.5 Å². The molecule has 0 bridgehead atoms. The SMILES string of the molecule is C[C@H]1c2cc(Br)c(N)c(O)c2C(O)=C2C(=O)[C@]3(O)C(O)=C(C(N)=O)C(=O)[C@@H](N(C)C)C3[C@@H](O)C21. The van der Waals surface area contributed by atoms with Gasteiger partial charge in [-0.05, 0) is 47.6 Å². The fraction of sp³-hybridized carbons (Fsp3) is 0.409. The van der Waals surface area contributed by atoms with Gasteiger partial charge in [0.2, 0.25) is 5.78 Å². The van der Waals surface area contributed by atoms with Gasteiger partial charge in [-0.2, -0.15) is 0 Å². The van der Waals surface area contributed by atoms with E-state index in [4.69, 9.17) is 11.5 Å². The number of nitrogens with two attached hydrogens (primary N) is 2. The standard InChI is InChI=1S/C22H24BrN3O8/c1-5-6-4-7(23)13(24)17(29)9(6)15(27)10-8(5)16(28)12-14(26(2)3)18(30)11(21(25)33)20(32)22(12,34)19(10)31/h4-5,8,12,14,16,27-29,32,34H,24H2,1-3H3,(H2,25,33)/t5-,8?,12?,14-,16-,22-/m0/s1. The lowest BCUT2D eigenvalue weighted by molar-refractivity contribution is -0.169. The molecule has 0 radical (unpaired) electrons. The summed E-state index contributed by atoms with van der Waals surface area (Å²) in [6.45, 7) is 1.64. The normalized spacial score (nSPS) is 33.1. The Balaban J connectivity index is 2.08. The predicted octanol–water partition coefficient (Wildman–Crippen LogP) is -0.159. The molecular formula is C22H24BrN3O8. The maximum absolute atomic E-state index is 13.8. The van der Waals surface area contributed by atoms with E-state index in [9.17, 15) is 39.9 Å². The highest BCUT2D eigenvalue weighted by atomic mass is 79.9. The number of Topliss-reactive ketones (excluding diaryl/α,β-unsaturated/α-hetero) is 2. The lowest BCUT2D eigenvalue weighted by Crippen LogP contribution is -2.70. The van der Waals surface area contributed by atoms with Crippen LogP contribution in [0, 0.1) is 11.8 Å². The maximum atomic E-state index is 13.8. The molecule has 182 valence electrons. The van der Waals surface area contributed by atoms with Gasteiger partial charge in [0, 0.05) is 16.0 Å². The third-order valence-electron chi connectivity index (χ3n) is 7.24. The molecule has 1 saturated carbocycles. The van der Waals surface area contributed by atoms with E-state index in [1.54, 1.807) is 6.92 Å². The van der Waals surface area contributed by atoms with Gasteiger partial charge in [0.05, 0.1) is 29.3 Å². The van der Waals surface area contributed by atoms with E-state index < -0.39 is 81.4 Å². The summed E-state index contributed by atoms with van der Waals surface area (Å²) in [7, 11) is 2.89. The minimum Gasteiger partial charge on any atom is -0.508 e. The molecule has 0 spiro atoms. The van der Waals surface area contributed by atoms with E-state index in [1.807, 2.05) is 0 Å². The van der Waals surface area contributed by atoms with Crippen molar-refractivity contribution >= 4 is 44.9 Å². The molecule has 0 aromatic heterocycles. The summed E-state index contributed by atoms with van der Waals surface area (Å²) in [5.41, 5.74) is 6.86. The average molecular weight is 538 g/mol. The van der Waals surface area contributed by atoms with E-state index in [0.717, 1.165) is 0 Å². The van der Waals surface area contributed by atoms with E-state index in [0.29, 0.717) is 10.0 Å². The topological polar surface area (TPSA) is 208 Å². The summed E-state index contributed by atoms with van der Waals surface area (Å²) >= 11 is 3.23. The number of hydrogen-bond donors (Lipinski definition) is 7. The van der Waals surface area contributed by atoms with Crippen molar-refractivity contribution in [2.45, 2.75) is 30.6 Å². The number of amides is 1. The van der Waals surface area contributed by atoms with Crippen molar-refractivity contribution in [3.05, 3.63) is 38.6 Å². The van der Waals surface area contributed by atoms with Crippen LogP contribution in [0.3, 0.4) is 0 Å². The number of phenolic OH excluding ortho intramolecular Hbond substituents is 1. The zero-order valence-corrected chi connectivity index (χ0v) is 20.0. The lowest BCUT2D eigenvalue weighted by atomic mass is 9.54. The number of aromatic hydroxyl groups is 1. The number of anilines is 1. The number of nitrogen functional groups attached to an aromatic ring is 1. The first kappa shape index (κ1) is 24.2. The van der Waals surface area contributed by atoms with Gasteiger partial charge in [0.15, 0.2) is 17.1 Å². The molecule has 11 nitrogen and oxygen atoms in total. The largest absolute Gasteiger partial charge is 0.508 e. The Kier molecular flexibility index (Phi) is 5.36. The number of primary amides is 1. The molecule has 0 saturated heterocycles. The molecule has 1 fully saturated rings. The zero-order valence-electron chi connectivity index (χ0n) is 18.4. The second-order valence-electron chi connectivity index (χ2n) is 9.13. The quantitative estimate of drug-likeness (QED) is 0.150. The molecule has 3 aliphatic rings. The fourth-order valence-corrected chi connectivity index (χ4v) is 6.09. The molecule has 1 amide bonds. The maximum Gasteiger partial charge on any atom is 0.255 e. The van der Waals surface area contributed by atoms with Gasteiger partial charge in [0.1, 0.15) is 17.1 Å². The van der Waals surface area contributed by atoms with E-state index >= 15 is 0 Å². The predicted molar refractivity (Wildman–Crippen MR) is 122 cm³/mol. The first-order valence-electron chi connectivity index (χ1n) is 10.3. The van der Waals surface area contributed by atoms with Crippen molar-refractivity contribution < 1.29 is 39.9 Å². The number of rotatable bonds is 2. The molecule has 6 atom stereocenters. The van der Waals surface area contributed by atoms with Gasteiger partial charge in [-0.15, -0.1) is 0 Å². The Morgan fingerprint density at radius 1 is 1.21 bits per heavy atom. The van der Waals surface area contributed by atoms with Crippen molar-refractivity contribution in [1.29, 1.82) is 0 Å². The Bertz CT molecular complexity index is 1240. The third-order valence-corrected chi connectivity index (χ3v) is 7.90. The van der Waals surface area contributed by atoms with Crippen molar-refractivity contribution in [2.75, 3.05) is 19.8 Å². The Morgan fingerprint density at radius 2 is 1.79 bits per heavy atom. The number of likely N-dealkylation sites (N-methyl/N-ethyl adjacent to an activating group) is 1. The van der Waals surface area contributed by atoms with Gasteiger partial charge >= 0.3 is 0 Å². The van der Waals surface area contributed by atoms with Gasteiger partial charge in [-0.3, -0.25) is 19.3 Å². The van der Waals surface area contributed by atoms with Crippen LogP contribution in [0.25, 0.3) is 5.76 Å². The van der Waals surface area contributed by atoms with Gasteiger partial charge in [-0.25, -0.2) is 0 Å². The van der Waals surface area contributed by atoms with Crippen LogP contribution in [0.1, 0.15) is 24.0 Å². The molecule has 9 N–H and O–H groups in total. The smallest absolute Gasteiger partial charge is 0.255 e. The first-order valence-corrected chi connectivity index (χ1v) is 11.1. The summed E-state index contributed by atoms with van der Waals surface area (Å²) in [6.07, 6.45) is -1.64. The van der Waals surface area contributed by atoms with Crippen LogP contribution in [0.5, 0.6) is 5.75 Å². The monoisotopic (exact) mass is 537 g/mol. The molecule has 3 aliphatic carbocycles. The van der Waals surface area contributed by atoms with E-state index in [-0.39, 0.29) is 11.3 Å². The molecule has 12 heteroatoms. The molecule has 34 heavy (non-hydrogen) atoms. The van der Waals surface area contributed by atoms with Crippen LogP contribution in [-0.4, -0.2) is 79.7 Å². The van der Waals surface area contributed by atoms with Crippen LogP contribution in [0.2, 0.25) is 0 Å². The number of nitrogens with zero attached hydrogens (tertiary/aromatic N) is 1. The number of carbonyl (C=O) groups excluding carboxylic acids is 3. The average Bonchev–Trinajstić information content (AvgIpc) is 2.74.